The average molecular weight is 129 g/mol. The van der Waals surface area contributed by atoms with Crippen LogP contribution in [0, 0.1) is 0 Å². The Balaban J connectivity index is 3.71. The number of azo groups is 1. The molecule has 0 bridgehead atoms. The molecule has 0 aromatic rings. The standard InChI is InChI=1S/C4H7N3O2/c1-3(8)6-7-4(9)5-2/h1-2H3,(H,5,9)/b7-6-. The van der Waals surface area contributed by atoms with E-state index in [4.69, 9.17) is 0 Å². The van der Waals surface area contributed by atoms with Crippen LogP contribution in [0.1, 0.15) is 6.92 Å². The topological polar surface area (TPSA) is 70.9 Å². The normalized spacial score (nSPS) is 9.56. The second-order valence-electron chi connectivity index (χ2n) is 1.27. The van der Waals surface area contributed by atoms with Crippen molar-refractivity contribution in [3.63, 3.8) is 0 Å². The maximum atomic E-state index is 10.2. The lowest BCUT2D eigenvalue weighted by molar-refractivity contribution is -0.116. The SMILES string of the molecule is CNC(=O)/N=N\C(C)=O. The number of rotatable bonds is 0. The maximum absolute atomic E-state index is 10.2. The number of hydrogen-bond acceptors (Lipinski definition) is 2. The molecule has 0 aromatic carbocycles. The first-order valence-electron chi connectivity index (χ1n) is 2.31. The Labute approximate surface area is 52.2 Å². The first-order chi connectivity index (χ1) is 4.16. The van der Waals surface area contributed by atoms with Gasteiger partial charge < -0.3 is 5.32 Å². The van der Waals surface area contributed by atoms with Crippen molar-refractivity contribution < 1.29 is 9.59 Å². The minimum absolute atomic E-state index is 0.487. The summed E-state index contributed by atoms with van der Waals surface area (Å²) in [6.07, 6.45) is 0. The Morgan fingerprint density at radius 2 is 1.89 bits per heavy atom. The zero-order valence-corrected chi connectivity index (χ0v) is 5.21. The third-order valence-corrected chi connectivity index (χ3v) is 0.496. The van der Waals surface area contributed by atoms with Crippen molar-refractivity contribution in [2.45, 2.75) is 6.92 Å². The van der Waals surface area contributed by atoms with Crippen LogP contribution in [-0.2, 0) is 4.79 Å². The van der Waals surface area contributed by atoms with Crippen molar-refractivity contribution in [1.29, 1.82) is 0 Å². The van der Waals surface area contributed by atoms with Gasteiger partial charge in [-0.15, -0.1) is 5.11 Å². The van der Waals surface area contributed by atoms with E-state index >= 15 is 0 Å². The Kier molecular flexibility index (Phi) is 3.19. The van der Waals surface area contributed by atoms with Crippen molar-refractivity contribution in [1.82, 2.24) is 5.32 Å². The van der Waals surface area contributed by atoms with Crippen molar-refractivity contribution in [2.24, 2.45) is 10.2 Å². The highest BCUT2D eigenvalue weighted by molar-refractivity contribution is 5.78. The molecule has 0 heterocycles. The number of urea groups is 1. The van der Waals surface area contributed by atoms with E-state index in [9.17, 15) is 9.59 Å². The number of carbonyl (C=O) groups excluding carboxylic acids is 2. The molecule has 50 valence electrons. The second kappa shape index (κ2) is 3.71. The molecule has 0 unspecified atom stereocenters. The molecule has 5 nitrogen and oxygen atoms in total. The lowest BCUT2D eigenvalue weighted by Gasteiger charge is -1.83. The summed E-state index contributed by atoms with van der Waals surface area (Å²) in [4.78, 5) is 20.2. The van der Waals surface area contributed by atoms with Crippen LogP contribution >= 0.6 is 0 Å². The van der Waals surface area contributed by atoms with E-state index in [0.29, 0.717) is 0 Å². The van der Waals surface area contributed by atoms with Crippen molar-refractivity contribution >= 4 is 11.9 Å². The van der Waals surface area contributed by atoms with Crippen LogP contribution in [0.15, 0.2) is 10.2 Å². The molecule has 0 saturated carbocycles. The Morgan fingerprint density at radius 3 is 2.22 bits per heavy atom. The van der Waals surface area contributed by atoms with Crippen LogP contribution in [-0.4, -0.2) is 19.0 Å². The number of amides is 3. The second-order valence-corrected chi connectivity index (χ2v) is 1.27. The van der Waals surface area contributed by atoms with Gasteiger partial charge in [-0.05, 0) is 0 Å². The molecule has 9 heavy (non-hydrogen) atoms. The van der Waals surface area contributed by atoms with E-state index in [0.717, 1.165) is 0 Å². The summed E-state index contributed by atoms with van der Waals surface area (Å²) in [7, 11) is 1.40. The summed E-state index contributed by atoms with van der Waals surface area (Å²) >= 11 is 0. The maximum Gasteiger partial charge on any atom is 0.359 e. The van der Waals surface area contributed by atoms with Gasteiger partial charge in [-0.25, -0.2) is 4.79 Å². The smallest absolute Gasteiger partial charge is 0.338 e. The van der Waals surface area contributed by atoms with Crippen LogP contribution < -0.4 is 5.32 Å². The van der Waals surface area contributed by atoms with E-state index < -0.39 is 11.9 Å². The molecule has 5 heteroatoms. The summed E-state index contributed by atoms with van der Waals surface area (Å²) in [5.41, 5.74) is 0. The first kappa shape index (κ1) is 7.74. The minimum Gasteiger partial charge on any atom is -0.338 e. The van der Waals surface area contributed by atoms with Crippen molar-refractivity contribution in [2.75, 3.05) is 7.05 Å². The summed E-state index contributed by atoms with van der Waals surface area (Å²) < 4.78 is 0. The van der Waals surface area contributed by atoms with E-state index in [-0.39, 0.29) is 0 Å². The molecular weight excluding hydrogens is 122 g/mol. The predicted molar refractivity (Wildman–Crippen MR) is 30.0 cm³/mol. The van der Waals surface area contributed by atoms with Crippen LogP contribution in [0.4, 0.5) is 4.79 Å². The average Bonchev–Trinajstić information content (AvgIpc) is 1.83. The summed E-state index contributed by atoms with van der Waals surface area (Å²) in [5.74, 6) is -0.487. The van der Waals surface area contributed by atoms with Crippen molar-refractivity contribution in [3.05, 3.63) is 0 Å². The van der Waals surface area contributed by atoms with Gasteiger partial charge >= 0.3 is 6.03 Å². The monoisotopic (exact) mass is 129 g/mol. The van der Waals surface area contributed by atoms with Crippen molar-refractivity contribution in [3.8, 4) is 0 Å². The molecule has 0 spiro atoms. The third kappa shape index (κ3) is 4.60. The number of hydrogen-bond donors (Lipinski definition) is 1. The molecule has 0 atom stereocenters. The fraction of sp³-hybridized carbons (Fsp3) is 0.500. The molecular formula is C4H7N3O2. The molecule has 0 rings (SSSR count). The fourth-order valence-corrected chi connectivity index (χ4v) is 0.166. The number of nitrogens with zero attached hydrogens (tertiary/aromatic N) is 2. The zero-order chi connectivity index (χ0) is 7.28. The molecule has 0 aromatic heterocycles. The third-order valence-electron chi connectivity index (χ3n) is 0.496. The Hall–Kier alpha value is -1.26. The number of carbonyl (C=O) groups is 2. The van der Waals surface area contributed by atoms with Gasteiger partial charge in [-0.1, -0.05) is 5.11 Å². The predicted octanol–water partition coefficient (Wildman–Crippen LogP) is 0.325. The minimum atomic E-state index is -0.620. The molecule has 0 aliphatic rings. The van der Waals surface area contributed by atoms with Crippen LogP contribution in [0.25, 0.3) is 0 Å². The highest BCUT2D eigenvalue weighted by Gasteiger charge is 1.90. The fourth-order valence-electron chi connectivity index (χ4n) is 0.166. The molecule has 0 radical (unpaired) electrons. The van der Waals surface area contributed by atoms with Gasteiger partial charge in [0, 0.05) is 14.0 Å². The summed E-state index contributed by atoms with van der Waals surface area (Å²) in [5, 5.41) is 8.11. The first-order valence-corrected chi connectivity index (χ1v) is 2.31. The van der Waals surface area contributed by atoms with E-state index in [1.807, 2.05) is 0 Å². The van der Waals surface area contributed by atoms with Gasteiger partial charge in [0.05, 0.1) is 0 Å². The molecule has 0 fully saturated rings. The largest absolute Gasteiger partial charge is 0.359 e. The quantitative estimate of drug-likeness (QED) is 0.478. The Morgan fingerprint density at radius 1 is 1.33 bits per heavy atom. The zero-order valence-electron chi connectivity index (χ0n) is 5.21. The van der Waals surface area contributed by atoms with E-state index in [1.54, 1.807) is 0 Å². The van der Waals surface area contributed by atoms with Crippen LogP contribution in [0.5, 0.6) is 0 Å². The summed E-state index contributed by atoms with van der Waals surface area (Å²) in [6, 6.07) is -0.620. The highest BCUT2D eigenvalue weighted by Crippen LogP contribution is 1.77. The van der Waals surface area contributed by atoms with Gasteiger partial charge in [0.2, 0.25) is 0 Å². The van der Waals surface area contributed by atoms with Crippen LogP contribution in [0.2, 0.25) is 0 Å². The van der Waals surface area contributed by atoms with E-state index in [2.05, 4.69) is 15.5 Å². The highest BCUT2D eigenvalue weighted by atomic mass is 16.2. The molecule has 3 amide bonds. The van der Waals surface area contributed by atoms with Gasteiger partial charge in [-0.2, -0.15) is 0 Å². The molecule has 0 aliphatic carbocycles. The van der Waals surface area contributed by atoms with E-state index in [1.165, 1.54) is 14.0 Å². The number of nitrogens with one attached hydrogen (secondary N) is 1. The molecule has 0 saturated heterocycles. The lowest BCUT2D eigenvalue weighted by Crippen LogP contribution is -2.12. The Bertz CT molecular complexity index is 152. The summed E-state index contributed by atoms with van der Waals surface area (Å²) in [6.45, 7) is 1.21. The van der Waals surface area contributed by atoms with Gasteiger partial charge in [0.15, 0.2) is 0 Å². The molecule has 0 aliphatic heterocycles. The van der Waals surface area contributed by atoms with Gasteiger partial charge in [0.25, 0.3) is 5.91 Å². The lowest BCUT2D eigenvalue weighted by atomic mass is 10.8. The van der Waals surface area contributed by atoms with Gasteiger partial charge in [0.1, 0.15) is 0 Å². The van der Waals surface area contributed by atoms with Crippen LogP contribution in [0.3, 0.4) is 0 Å². The van der Waals surface area contributed by atoms with Gasteiger partial charge in [-0.3, -0.25) is 4.79 Å². The molecule has 1 N–H and O–H groups in total.